The van der Waals surface area contributed by atoms with Crippen molar-refractivity contribution in [3.8, 4) is 0 Å². The van der Waals surface area contributed by atoms with E-state index in [0.717, 1.165) is 6.04 Å². The molecule has 17 heavy (non-hydrogen) atoms. The van der Waals surface area contributed by atoms with Gasteiger partial charge in [0.2, 0.25) is 0 Å². The smallest absolute Gasteiger partial charge is 0.0345 e. The van der Waals surface area contributed by atoms with Crippen LogP contribution in [0.3, 0.4) is 0 Å². The van der Waals surface area contributed by atoms with E-state index in [4.69, 9.17) is 0 Å². The molecule has 0 aromatic rings. The van der Waals surface area contributed by atoms with Crippen LogP contribution in [0, 0.1) is 0 Å². The second-order valence-corrected chi connectivity index (χ2v) is 5.49. The summed E-state index contributed by atoms with van der Waals surface area (Å²) in [6.45, 7) is 13.4. The predicted octanol–water partition coefficient (Wildman–Crippen LogP) is -0.0824. The van der Waals surface area contributed by atoms with Crippen LogP contribution in [-0.2, 0) is 0 Å². The molecule has 0 saturated carbocycles. The third-order valence-electron chi connectivity index (χ3n) is 4.09. The van der Waals surface area contributed by atoms with E-state index < -0.39 is 0 Å². The lowest BCUT2D eigenvalue weighted by Gasteiger charge is -2.40. The van der Waals surface area contributed by atoms with Crippen molar-refractivity contribution in [1.82, 2.24) is 20.0 Å². The Hall–Kier alpha value is -0.160. The molecule has 0 spiro atoms. The highest BCUT2D eigenvalue weighted by molar-refractivity contribution is 4.85. The van der Waals surface area contributed by atoms with E-state index in [2.05, 4.69) is 34.0 Å². The van der Waals surface area contributed by atoms with Crippen LogP contribution >= 0.6 is 0 Å². The summed E-state index contributed by atoms with van der Waals surface area (Å²) in [5.41, 5.74) is 0. The molecule has 2 aliphatic rings. The van der Waals surface area contributed by atoms with Crippen molar-refractivity contribution >= 4 is 0 Å². The molecular formula is C13H28N4. The minimum atomic E-state index is 0.808. The molecule has 4 nitrogen and oxygen atoms in total. The van der Waals surface area contributed by atoms with Crippen molar-refractivity contribution in [1.29, 1.82) is 0 Å². The average Bonchev–Trinajstić information content (AvgIpc) is 2.26. The summed E-state index contributed by atoms with van der Waals surface area (Å²) in [7, 11) is 2.22. The minimum Gasteiger partial charge on any atom is -0.314 e. The quantitative estimate of drug-likeness (QED) is 0.701. The standard InChI is InChI=1S/C13H28N4/c1-3-4-17(13-11-14-12-13)10-9-16-7-5-15(2)6-8-16/h13-14H,3-12H2,1-2H3. The average molecular weight is 240 g/mol. The van der Waals surface area contributed by atoms with Gasteiger partial charge in [-0.05, 0) is 20.0 Å². The highest BCUT2D eigenvalue weighted by Crippen LogP contribution is 2.07. The van der Waals surface area contributed by atoms with E-state index in [9.17, 15) is 0 Å². The number of rotatable bonds is 6. The number of hydrogen-bond donors (Lipinski definition) is 1. The normalized spacial score (nSPS) is 24.2. The van der Waals surface area contributed by atoms with Crippen molar-refractivity contribution in [3.63, 3.8) is 0 Å². The molecule has 0 aliphatic carbocycles. The molecule has 100 valence electrons. The van der Waals surface area contributed by atoms with Gasteiger partial charge in [-0.1, -0.05) is 6.92 Å². The van der Waals surface area contributed by atoms with Crippen molar-refractivity contribution in [2.24, 2.45) is 0 Å². The Labute approximate surface area is 106 Å². The Morgan fingerprint density at radius 1 is 1.12 bits per heavy atom. The van der Waals surface area contributed by atoms with Gasteiger partial charge in [0.05, 0.1) is 0 Å². The highest BCUT2D eigenvalue weighted by atomic mass is 15.3. The van der Waals surface area contributed by atoms with E-state index >= 15 is 0 Å². The monoisotopic (exact) mass is 240 g/mol. The largest absolute Gasteiger partial charge is 0.314 e. The lowest BCUT2D eigenvalue weighted by molar-refractivity contribution is 0.102. The molecule has 0 amide bonds. The molecule has 1 N–H and O–H groups in total. The predicted molar refractivity (Wildman–Crippen MR) is 72.5 cm³/mol. The molecular weight excluding hydrogens is 212 g/mol. The van der Waals surface area contributed by atoms with Crippen LogP contribution in [0.1, 0.15) is 13.3 Å². The maximum atomic E-state index is 3.38. The Morgan fingerprint density at radius 2 is 1.82 bits per heavy atom. The molecule has 2 aliphatic heterocycles. The molecule has 0 radical (unpaired) electrons. The lowest BCUT2D eigenvalue weighted by Crippen LogP contribution is -2.58. The van der Waals surface area contributed by atoms with Gasteiger partial charge in [0.1, 0.15) is 0 Å². The summed E-state index contributed by atoms with van der Waals surface area (Å²) in [4.78, 5) is 7.72. The van der Waals surface area contributed by atoms with Gasteiger partial charge in [-0.15, -0.1) is 0 Å². The molecule has 2 rings (SSSR count). The zero-order chi connectivity index (χ0) is 12.1. The van der Waals surface area contributed by atoms with Crippen molar-refractivity contribution in [3.05, 3.63) is 0 Å². The second kappa shape index (κ2) is 6.69. The third kappa shape index (κ3) is 3.91. The Morgan fingerprint density at radius 3 is 2.35 bits per heavy atom. The van der Waals surface area contributed by atoms with Crippen LogP contribution in [0.15, 0.2) is 0 Å². The van der Waals surface area contributed by atoms with E-state index in [1.54, 1.807) is 0 Å². The fourth-order valence-electron chi connectivity index (χ4n) is 2.64. The SMILES string of the molecule is CCCN(CCN1CCN(C)CC1)C1CNC1. The molecule has 0 aromatic carbocycles. The van der Waals surface area contributed by atoms with E-state index in [-0.39, 0.29) is 0 Å². The fourth-order valence-corrected chi connectivity index (χ4v) is 2.64. The van der Waals surface area contributed by atoms with Crippen LogP contribution in [-0.4, -0.2) is 86.7 Å². The zero-order valence-electron chi connectivity index (χ0n) is 11.5. The first-order valence-corrected chi connectivity index (χ1v) is 7.15. The van der Waals surface area contributed by atoms with Gasteiger partial charge < -0.3 is 10.2 Å². The van der Waals surface area contributed by atoms with E-state index in [1.807, 2.05) is 0 Å². The third-order valence-corrected chi connectivity index (χ3v) is 4.09. The number of hydrogen-bond acceptors (Lipinski definition) is 4. The molecule has 2 fully saturated rings. The summed E-state index contributed by atoms with van der Waals surface area (Å²) in [6.07, 6.45) is 1.28. The summed E-state index contributed by atoms with van der Waals surface area (Å²) in [5, 5.41) is 3.38. The van der Waals surface area contributed by atoms with Gasteiger partial charge in [0, 0.05) is 58.4 Å². The lowest BCUT2D eigenvalue weighted by atomic mass is 10.1. The van der Waals surface area contributed by atoms with Gasteiger partial charge in [-0.2, -0.15) is 0 Å². The highest BCUT2D eigenvalue weighted by Gasteiger charge is 2.24. The molecule has 0 atom stereocenters. The minimum absolute atomic E-state index is 0.808. The van der Waals surface area contributed by atoms with Crippen LogP contribution in [0.4, 0.5) is 0 Å². The number of likely N-dealkylation sites (N-methyl/N-ethyl adjacent to an activating group) is 1. The topological polar surface area (TPSA) is 21.8 Å². The van der Waals surface area contributed by atoms with Crippen LogP contribution < -0.4 is 5.32 Å². The van der Waals surface area contributed by atoms with Crippen molar-refractivity contribution in [2.75, 3.05) is 66.0 Å². The maximum Gasteiger partial charge on any atom is 0.0345 e. The first-order chi connectivity index (χ1) is 8.29. The van der Waals surface area contributed by atoms with Crippen LogP contribution in [0.25, 0.3) is 0 Å². The number of nitrogens with one attached hydrogen (secondary N) is 1. The first-order valence-electron chi connectivity index (χ1n) is 7.15. The van der Waals surface area contributed by atoms with Crippen molar-refractivity contribution < 1.29 is 0 Å². The maximum absolute atomic E-state index is 3.38. The molecule has 2 saturated heterocycles. The fraction of sp³-hybridized carbons (Fsp3) is 1.00. The van der Waals surface area contributed by atoms with Crippen LogP contribution in [0.5, 0.6) is 0 Å². The number of nitrogens with zero attached hydrogens (tertiary/aromatic N) is 3. The Kier molecular flexibility index (Phi) is 5.22. The van der Waals surface area contributed by atoms with E-state index in [1.165, 1.54) is 65.3 Å². The first kappa shape index (κ1) is 13.3. The Bertz CT molecular complexity index is 209. The molecule has 2 heterocycles. The Balaban J connectivity index is 1.67. The summed E-state index contributed by atoms with van der Waals surface area (Å²) >= 11 is 0. The zero-order valence-corrected chi connectivity index (χ0v) is 11.5. The molecule has 0 bridgehead atoms. The summed E-state index contributed by atoms with van der Waals surface area (Å²) < 4.78 is 0. The van der Waals surface area contributed by atoms with Gasteiger partial charge in [-0.3, -0.25) is 9.80 Å². The van der Waals surface area contributed by atoms with Gasteiger partial charge >= 0.3 is 0 Å². The van der Waals surface area contributed by atoms with Gasteiger partial charge in [0.15, 0.2) is 0 Å². The van der Waals surface area contributed by atoms with Crippen LogP contribution in [0.2, 0.25) is 0 Å². The summed E-state index contributed by atoms with van der Waals surface area (Å²) in [6, 6.07) is 0.808. The van der Waals surface area contributed by atoms with Gasteiger partial charge in [-0.25, -0.2) is 0 Å². The second-order valence-electron chi connectivity index (χ2n) is 5.49. The van der Waals surface area contributed by atoms with Gasteiger partial charge in [0.25, 0.3) is 0 Å². The molecule has 0 unspecified atom stereocenters. The van der Waals surface area contributed by atoms with Crippen molar-refractivity contribution in [2.45, 2.75) is 19.4 Å². The van der Waals surface area contributed by atoms with E-state index in [0.29, 0.717) is 0 Å². The summed E-state index contributed by atoms with van der Waals surface area (Å²) in [5.74, 6) is 0. The number of piperazine rings is 1. The molecule has 0 aromatic heterocycles. The molecule has 4 heteroatoms.